The fourth-order valence-electron chi connectivity index (χ4n) is 3.38. The van der Waals surface area contributed by atoms with E-state index in [1.165, 1.54) is 4.90 Å². The molecule has 1 N–H and O–H groups in total. The predicted octanol–water partition coefficient (Wildman–Crippen LogP) is 2.71. The van der Waals surface area contributed by atoms with Crippen molar-refractivity contribution in [3.63, 3.8) is 0 Å². The minimum absolute atomic E-state index is 0.266. The van der Waals surface area contributed by atoms with Gasteiger partial charge >= 0.3 is 6.18 Å². The van der Waals surface area contributed by atoms with Crippen LogP contribution in [-0.4, -0.2) is 58.1 Å². The lowest BCUT2D eigenvalue weighted by molar-refractivity contribution is -0.161. The van der Waals surface area contributed by atoms with Gasteiger partial charge in [0.2, 0.25) is 5.91 Å². The van der Waals surface area contributed by atoms with Crippen molar-refractivity contribution >= 4 is 33.5 Å². The van der Waals surface area contributed by atoms with Gasteiger partial charge in [0.15, 0.2) is 5.65 Å². The van der Waals surface area contributed by atoms with Crippen molar-refractivity contribution in [2.75, 3.05) is 31.1 Å². The molecule has 0 aliphatic carbocycles. The van der Waals surface area contributed by atoms with Gasteiger partial charge < -0.3 is 14.8 Å². The summed E-state index contributed by atoms with van der Waals surface area (Å²) < 4.78 is 37.3. The van der Waals surface area contributed by atoms with Crippen LogP contribution in [0.2, 0.25) is 0 Å². The van der Waals surface area contributed by atoms with E-state index in [-0.39, 0.29) is 13.1 Å². The van der Waals surface area contributed by atoms with E-state index < -0.39 is 18.5 Å². The molecule has 0 aromatic carbocycles. The molecule has 9 heteroatoms. The Kier molecular flexibility index (Phi) is 3.93. The third-order valence-corrected chi connectivity index (χ3v) is 4.59. The summed E-state index contributed by atoms with van der Waals surface area (Å²) in [6.07, 6.45) is -0.646. The first-order valence-corrected chi connectivity index (χ1v) is 8.23. The van der Waals surface area contributed by atoms with Gasteiger partial charge in [0.25, 0.3) is 0 Å². The SMILES string of the molecule is O=C(CC(F)(F)F)N1CCN(c2cc[nH]c3cnc4nccc4c23)CC1. The molecule has 4 rings (SSSR count). The Morgan fingerprint density at radius 3 is 2.65 bits per heavy atom. The van der Waals surface area contributed by atoms with Gasteiger partial charge in [0.1, 0.15) is 6.42 Å². The maximum atomic E-state index is 12.4. The highest BCUT2D eigenvalue weighted by Gasteiger charge is 2.34. The van der Waals surface area contributed by atoms with E-state index in [0.29, 0.717) is 18.7 Å². The van der Waals surface area contributed by atoms with E-state index in [0.717, 1.165) is 22.0 Å². The minimum atomic E-state index is -4.47. The van der Waals surface area contributed by atoms with E-state index in [9.17, 15) is 18.0 Å². The van der Waals surface area contributed by atoms with E-state index in [1.807, 2.05) is 18.3 Å². The molecule has 4 heterocycles. The number of carbonyl (C=O) groups is 1. The van der Waals surface area contributed by atoms with Crippen LogP contribution in [0, 0.1) is 0 Å². The van der Waals surface area contributed by atoms with Crippen LogP contribution in [0.3, 0.4) is 0 Å². The zero-order valence-corrected chi connectivity index (χ0v) is 13.8. The van der Waals surface area contributed by atoms with Gasteiger partial charge in [-0.25, -0.2) is 9.97 Å². The molecule has 26 heavy (non-hydrogen) atoms. The molecular weight excluding hydrogens is 347 g/mol. The lowest BCUT2D eigenvalue weighted by atomic mass is 10.1. The molecule has 0 bridgehead atoms. The Labute approximate surface area is 146 Å². The average Bonchev–Trinajstić information content (AvgIpc) is 3.09. The first kappa shape index (κ1) is 16.6. The largest absolute Gasteiger partial charge is 0.397 e. The van der Waals surface area contributed by atoms with Crippen LogP contribution in [0.5, 0.6) is 0 Å². The van der Waals surface area contributed by atoms with Gasteiger partial charge in [-0.3, -0.25) is 4.79 Å². The number of anilines is 1. The molecule has 1 aliphatic rings. The summed E-state index contributed by atoms with van der Waals surface area (Å²) in [6.45, 7) is 1.48. The van der Waals surface area contributed by atoms with Crippen molar-refractivity contribution in [1.29, 1.82) is 0 Å². The number of piperazine rings is 1. The Bertz CT molecular complexity index is 960. The topological polar surface area (TPSA) is 65.1 Å². The molecule has 0 radical (unpaired) electrons. The van der Waals surface area contributed by atoms with Crippen LogP contribution < -0.4 is 4.90 Å². The average molecular weight is 363 g/mol. The number of hydrogen-bond acceptors (Lipinski definition) is 4. The molecule has 1 amide bonds. The maximum absolute atomic E-state index is 12.4. The number of fused-ring (bicyclic) bond motifs is 3. The van der Waals surface area contributed by atoms with E-state index in [1.54, 1.807) is 12.4 Å². The van der Waals surface area contributed by atoms with E-state index in [4.69, 9.17) is 0 Å². The first-order valence-electron chi connectivity index (χ1n) is 8.23. The monoisotopic (exact) mass is 363 g/mol. The summed E-state index contributed by atoms with van der Waals surface area (Å²) in [5.41, 5.74) is 2.47. The van der Waals surface area contributed by atoms with Gasteiger partial charge in [-0.15, -0.1) is 0 Å². The number of aromatic amines is 1. The van der Waals surface area contributed by atoms with Crippen molar-refractivity contribution in [2.45, 2.75) is 12.6 Å². The molecule has 0 unspecified atom stereocenters. The number of carbonyl (C=O) groups excluding carboxylic acids is 1. The smallest absolute Gasteiger partial charge is 0.367 e. The summed E-state index contributed by atoms with van der Waals surface area (Å²) in [6, 6.07) is 3.83. The second-order valence-electron chi connectivity index (χ2n) is 6.25. The Hall–Kier alpha value is -2.84. The van der Waals surface area contributed by atoms with Crippen LogP contribution in [0.1, 0.15) is 6.42 Å². The number of alkyl halides is 3. The zero-order valence-electron chi connectivity index (χ0n) is 13.8. The summed E-state index contributed by atoms with van der Waals surface area (Å²) in [4.78, 5) is 26.8. The fourth-order valence-corrected chi connectivity index (χ4v) is 3.38. The second kappa shape index (κ2) is 6.15. The summed E-state index contributed by atoms with van der Waals surface area (Å²) >= 11 is 0. The third-order valence-electron chi connectivity index (χ3n) is 4.59. The zero-order chi connectivity index (χ0) is 18.3. The number of amides is 1. The van der Waals surface area contributed by atoms with Gasteiger partial charge in [-0.2, -0.15) is 13.2 Å². The Morgan fingerprint density at radius 2 is 1.92 bits per heavy atom. The molecule has 3 aromatic rings. The maximum Gasteiger partial charge on any atom is 0.397 e. The predicted molar refractivity (Wildman–Crippen MR) is 90.9 cm³/mol. The van der Waals surface area contributed by atoms with Crippen molar-refractivity contribution in [1.82, 2.24) is 19.9 Å². The standard InChI is InChI=1S/C17H16F3N5O/c18-17(19,20)9-14(26)25-7-5-24(6-8-25)13-2-4-21-12-10-23-16-11(15(12)13)1-3-22-16/h1-4,10,21H,5-9H2. The third kappa shape index (κ3) is 3.04. The molecular formula is C17H16F3N5O. The van der Waals surface area contributed by atoms with Gasteiger partial charge in [-0.05, 0) is 12.1 Å². The van der Waals surface area contributed by atoms with Crippen molar-refractivity contribution in [2.24, 2.45) is 0 Å². The Morgan fingerprint density at radius 1 is 1.15 bits per heavy atom. The lowest BCUT2D eigenvalue weighted by Gasteiger charge is -2.36. The number of halogens is 3. The van der Waals surface area contributed by atoms with Crippen LogP contribution in [0.15, 0.2) is 30.7 Å². The van der Waals surface area contributed by atoms with Gasteiger partial charge in [-0.1, -0.05) is 0 Å². The number of aromatic nitrogens is 3. The molecule has 6 nitrogen and oxygen atoms in total. The number of nitrogens with zero attached hydrogens (tertiary/aromatic N) is 4. The second-order valence-corrected chi connectivity index (χ2v) is 6.25. The highest BCUT2D eigenvalue weighted by molar-refractivity contribution is 6.10. The molecule has 1 saturated heterocycles. The van der Waals surface area contributed by atoms with Crippen molar-refractivity contribution in [3.8, 4) is 0 Å². The van der Waals surface area contributed by atoms with E-state index >= 15 is 0 Å². The summed E-state index contributed by atoms with van der Waals surface area (Å²) in [5.74, 6) is -0.866. The molecule has 1 aliphatic heterocycles. The highest BCUT2D eigenvalue weighted by atomic mass is 19.4. The van der Waals surface area contributed by atoms with Gasteiger partial charge in [0.05, 0.1) is 11.7 Å². The Balaban J connectivity index is 1.58. The first-order chi connectivity index (χ1) is 12.4. The molecule has 136 valence electrons. The van der Waals surface area contributed by atoms with Gasteiger partial charge in [0, 0.05) is 55.0 Å². The molecule has 3 aromatic heterocycles. The number of H-pyrrole nitrogens is 1. The molecule has 1 fully saturated rings. The number of nitrogens with one attached hydrogen (secondary N) is 1. The number of pyridine rings is 2. The quantitative estimate of drug-likeness (QED) is 0.760. The molecule has 0 saturated carbocycles. The summed E-state index contributed by atoms with van der Waals surface area (Å²) in [7, 11) is 0. The number of hydrogen-bond donors (Lipinski definition) is 1. The van der Waals surface area contributed by atoms with Crippen molar-refractivity contribution < 1.29 is 18.0 Å². The van der Waals surface area contributed by atoms with Crippen LogP contribution in [0.4, 0.5) is 18.9 Å². The number of rotatable bonds is 2. The van der Waals surface area contributed by atoms with E-state index in [2.05, 4.69) is 19.9 Å². The molecule has 0 atom stereocenters. The summed E-state index contributed by atoms with van der Waals surface area (Å²) in [5, 5.41) is 1.90. The van der Waals surface area contributed by atoms with Crippen molar-refractivity contribution in [3.05, 3.63) is 30.7 Å². The fraction of sp³-hybridized carbons (Fsp3) is 0.353. The van der Waals surface area contributed by atoms with Crippen LogP contribution in [-0.2, 0) is 4.79 Å². The lowest BCUT2D eigenvalue weighted by Crippen LogP contribution is -2.49. The normalized spacial score (nSPS) is 15.8. The minimum Gasteiger partial charge on any atom is -0.367 e. The molecule has 0 spiro atoms. The van der Waals surface area contributed by atoms with Crippen LogP contribution in [0.25, 0.3) is 21.9 Å². The highest BCUT2D eigenvalue weighted by Crippen LogP contribution is 2.31. The van der Waals surface area contributed by atoms with Crippen LogP contribution >= 0.6 is 0 Å².